The number of benzene rings is 1. The molecule has 2 saturated heterocycles. The van der Waals surface area contributed by atoms with Crippen LogP contribution in [0.4, 0.5) is 11.4 Å². The van der Waals surface area contributed by atoms with E-state index >= 15 is 0 Å². The van der Waals surface area contributed by atoms with Gasteiger partial charge in [-0.05, 0) is 44.0 Å². The number of hydrogen-bond donors (Lipinski definition) is 3. The molecule has 2 aliphatic rings. The summed E-state index contributed by atoms with van der Waals surface area (Å²) in [4.78, 5) is 13.5. The molecule has 1 aromatic rings. The van der Waals surface area contributed by atoms with E-state index in [1.807, 2.05) is 0 Å². The Bertz CT molecular complexity index is 518. The van der Waals surface area contributed by atoms with E-state index in [0.717, 1.165) is 18.7 Å². The topological polar surface area (TPSA) is 78.6 Å². The zero-order valence-corrected chi connectivity index (χ0v) is 11.5. The van der Waals surface area contributed by atoms with Gasteiger partial charge < -0.3 is 16.2 Å². The molecule has 2 heterocycles. The van der Waals surface area contributed by atoms with Crippen LogP contribution in [-0.4, -0.2) is 41.1 Å². The van der Waals surface area contributed by atoms with Crippen molar-refractivity contribution in [3.05, 3.63) is 23.8 Å². The Balaban J connectivity index is 1.73. The van der Waals surface area contributed by atoms with Crippen LogP contribution in [0.5, 0.6) is 0 Å². The van der Waals surface area contributed by atoms with Gasteiger partial charge in [0.15, 0.2) is 0 Å². The van der Waals surface area contributed by atoms with Crippen molar-refractivity contribution in [2.45, 2.75) is 37.8 Å². The minimum absolute atomic E-state index is 0.235. The molecular formula is C15H21N3O2. The Morgan fingerprint density at radius 2 is 2.15 bits per heavy atom. The molecule has 0 spiro atoms. The van der Waals surface area contributed by atoms with Gasteiger partial charge in [-0.3, -0.25) is 4.90 Å². The van der Waals surface area contributed by atoms with Crippen LogP contribution in [0, 0.1) is 0 Å². The minimum atomic E-state index is -0.942. The van der Waals surface area contributed by atoms with Crippen molar-refractivity contribution in [3.63, 3.8) is 0 Å². The molecule has 5 heteroatoms. The number of nitrogens with two attached hydrogens (primary N) is 1. The lowest BCUT2D eigenvalue weighted by molar-refractivity contribution is 0.0697. The van der Waals surface area contributed by atoms with Gasteiger partial charge in [0.2, 0.25) is 0 Å². The van der Waals surface area contributed by atoms with E-state index in [4.69, 9.17) is 10.8 Å². The van der Waals surface area contributed by atoms with Crippen molar-refractivity contribution in [2.24, 2.45) is 0 Å². The maximum absolute atomic E-state index is 10.9. The zero-order chi connectivity index (χ0) is 14.1. The van der Waals surface area contributed by atoms with E-state index < -0.39 is 5.97 Å². The first-order valence-corrected chi connectivity index (χ1v) is 7.28. The highest BCUT2D eigenvalue weighted by molar-refractivity contribution is 5.90. The fraction of sp³-hybridized carbons (Fsp3) is 0.533. The Hall–Kier alpha value is -1.75. The van der Waals surface area contributed by atoms with Crippen molar-refractivity contribution in [2.75, 3.05) is 24.1 Å². The Morgan fingerprint density at radius 1 is 1.30 bits per heavy atom. The Labute approximate surface area is 118 Å². The average molecular weight is 275 g/mol. The second kappa shape index (κ2) is 5.32. The lowest BCUT2D eigenvalue weighted by Crippen LogP contribution is -2.41. The van der Waals surface area contributed by atoms with Gasteiger partial charge in [-0.2, -0.15) is 0 Å². The molecular weight excluding hydrogens is 254 g/mol. The van der Waals surface area contributed by atoms with Gasteiger partial charge in [-0.1, -0.05) is 6.42 Å². The summed E-state index contributed by atoms with van der Waals surface area (Å²) in [6, 6.07) is 5.94. The van der Waals surface area contributed by atoms with Crippen molar-refractivity contribution >= 4 is 17.3 Å². The maximum Gasteiger partial charge on any atom is 0.335 e. The molecule has 20 heavy (non-hydrogen) atoms. The van der Waals surface area contributed by atoms with Gasteiger partial charge >= 0.3 is 5.97 Å². The fourth-order valence-electron chi connectivity index (χ4n) is 3.44. The quantitative estimate of drug-likeness (QED) is 0.735. The second-order valence-corrected chi connectivity index (χ2v) is 5.75. The number of piperidine rings is 1. The summed E-state index contributed by atoms with van der Waals surface area (Å²) in [5, 5.41) is 12.5. The molecule has 2 aliphatic heterocycles. The van der Waals surface area contributed by atoms with Gasteiger partial charge in [0.05, 0.1) is 16.9 Å². The van der Waals surface area contributed by atoms with Gasteiger partial charge in [0.25, 0.3) is 0 Å². The van der Waals surface area contributed by atoms with Gasteiger partial charge in [-0.15, -0.1) is 0 Å². The average Bonchev–Trinajstić information content (AvgIpc) is 2.84. The Morgan fingerprint density at radius 3 is 2.90 bits per heavy atom. The van der Waals surface area contributed by atoms with E-state index in [2.05, 4.69) is 10.2 Å². The zero-order valence-electron chi connectivity index (χ0n) is 11.5. The van der Waals surface area contributed by atoms with Crippen LogP contribution in [0.1, 0.15) is 36.0 Å². The highest BCUT2D eigenvalue weighted by atomic mass is 16.4. The van der Waals surface area contributed by atoms with E-state index in [-0.39, 0.29) is 5.56 Å². The number of carboxylic acids is 1. The molecule has 2 unspecified atom stereocenters. The molecule has 0 radical (unpaired) electrons. The number of carboxylic acid groups (broad SMARTS) is 1. The third-order valence-corrected chi connectivity index (χ3v) is 4.50. The van der Waals surface area contributed by atoms with Crippen LogP contribution in [0.2, 0.25) is 0 Å². The van der Waals surface area contributed by atoms with Crippen LogP contribution in [0.15, 0.2) is 18.2 Å². The lowest BCUT2D eigenvalue weighted by atomic mass is 9.98. The molecule has 2 fully saturated rings. The van der Waals surface area contributed by atoms with Crippen molar-refractivity contribution < 1.29 is 9.90 Å². The van der Waals surface area contributed by atoms with Gasteiger partial charge in [-0.25, -0.2) is 4.79 Å². The summed E-state index contributed by atoms with van der Waals surface area (Å²) in [6.07, 6.45) is 4.97. The number of nitrogen functional groups attached to an aromatic ring is 1. The monoisotopic (exact) mass is 275 g/mol. The predicted molar refractivity (Wildman–Crippen MR) is 79.1 cm³/mol. The smallest absolute Gasteiger partial charge is 0.335 e. The molecule has 108 valence electrons. The first kappa shape index (κ1) is 13.2. The number of rotatable bonds is 3. The summed E-state index contributed by atoms with van der Waals surface area (Å²) in [5.41, 5.74) is 7.57. The van der Waals surface area contributed by atoms with Crippen LogP contribution in [0.3, 0.4) is 0 Å². The molecule has 1 aromatic carbocycles. The molecule has 0 amide bonds. The normalized spacial score (nSPS) is 26.2. The summed E-state index contributed by atoms with van der Waals surface area (Å²) >= 11 is 0. The number of fused-ring (bicyclic) bond motifs is 1. The fourth-order valence-corrected chi connectivity index (χ4v) is 3.44. The van der Waals surface area contributed by atoms with Crippen LogP contribution >= 0.6 is 0 Å². The molecule has 0 aromatic heterocycles. The standard InChI is InChI=1S/C15H21N3O2/c16-11-9-10(15(19)20)4-5-12(11)17-13-6-8-18-7-2-1-3-14(13)18/h4-5,9,13-14,17H,1-3,6-8,16H2,(H,19,20). The highest BCUT2D eigenvalue weighted by Gasteiger charge is 2.35. The number of anilines is 2. The summed E-state index contributed by atoms with van der Waals surface area (Å²) < 4.78 is 0. The third kappa shape index (κ3) is 2.45. The molecule has 0 bridgehead atoms. The molecule has 0 saturated carbocycles. The van der Waals surface area contributed by atoms with Gasteiger partial charge in [0, 0.05) is 18.6 Å². The maximum atomic E-state index is 10.9. The number of carbonyl (C=O) groups is 1. The third-order valence-electron chi connectivity index (χ3n) is 4.50. The molecule has 4 N–H and O–H groups in total. The largest absolute Gasteiger partial charge is 0.478 e. The summed E-state index contributed by atoms with van der Waals surface area (Å²) in [6.45, 7) is 2.35. The summed E-state index contributed by atoms with van der Waals surface area (Å²) in [7, 11) is 0. The first-order chi connectivity index (χ1) is 9.65. The van der Waals surface area contributed by atoms with Crippen molar-refractivity contribution in [1.82, 2.24) is 4.90 Å². The lowest BCUT2D eigenvalue weighted by Gasteiger charge is -2.33. The van der Waals surface area contributed by atoms with Gasteiger partial charge in [0.1, 0.15) is 0 Å². The van der Waals surface area contributed by atoms with Crippen LogP contribution in [-0.2, 0) is 0 Å². The molecule has 2 atom stereocenters. The van der Waals surface area contributed by atoms with E-state index in [1.54, 1.807) is 12.1 Å². The second-order valence-electron chi connectivity index (χ2n) is 5.75. The van der Waals surface area contributed by atoms with Crippen LogP contribution < -0.4 is 11.1 Å². The number of aromatic carboxylic acids is 1. The number of hydrogen-bond acceptors (Lipinski definition) is 4. The van der Waals surface area contributed by atoms with Crippen LogP contribution in [0.25, 0.3) is 0 Å². The van der Waals surface area contributed by atoms with Crippen molar-refractivity contribution in [1.29, 1.82) is 0 Å². The summed E-state index contributed by atoms with van der Waals surface area (Å²) in [5.74, 6) is -0.942. The highest BCUT2D eigenvalue weighted by Crippen LogP contribution is 2.31. The number of nitrogens with zero attached hydrogens (tertiary/aromatic N) is 1. The number of nitrogens with one attached hydrogen (secondary N) is 1. The Kier molecular flexibility index (Phi) is 3.53. The predicted octanol–water partition coefficient (Wildman–Crippen LogP) is 2.01. The van der Waals surface area contributed by atoms with E-state index in [0.29, 0.717) is 17.8 Å². The van der Waals surface area contributed by atoms with E-state index in [1.165, 1.54) is 31.9 Å². The molecule has 0 aliphatic carbocycles. The van der Waals surface area contributed by atoms with Crippen molar-refractivity contribution in [3.8, 4) is 0 Å². The first-order valence-electron chi connectivity index (χ1n) is 7.28. The minimum Gasteiger partial charge on any atom is -0.478 e. The molecule has 5 nitrogen and oxygen atoms in total. The SMILES string of the molecule is Nc1cc(C(=O)O)ccc1NC1CCN2CCCCC12. The van der Waals surface area contributed by atoms with E-state index in [9.17, 15) is 4.79 Å². The molecule has 3 rings (SSSR count).